The molecule has 2 heterocycles. The smallest absolute Gasteiger partial charge is 0.330 e. The molecule has 2 N–H and O–H groups in total. The summed E-state index contributed by atoms with van der Waals surface area (Å²) in [6.45, 7) is 4.33. The number of nitrogens with one attached hydrogen (secondary N) is 2. The Labute approximate surface area is 121 Å². The standard InChI is InChI=1S/C15H15N5O/c1-2-19-11-12(10-18-19)9-17-13-3-5-14(6-4-13)20-8-7-16-15(20)21/h2-8,10-11,17H,1,9H2,(H,16,21). The van der Waals surface area contributed by atoms with Crippen LogP contribution in [-0.2, 0) is 6.54 Å². The highest BCUT2D eigenvalue weighted by Gasteiger charge is 2.01. The third kappa shape index (κ3) is 2.79. The third-order valence-corrected chi connectivity index (χ3v) is 3.13. The van der Waals surface area contributed by atoms with Gasteiger partial charge in [-0.1, -0.05) is 6.58 Å². The first kappa shape index (κ1) is 13.0. The molecule has 0 bridgehead atoms. The number of aromatic amines is 1. The van der Waals surface area contributed by atoms with Crippen LogP contribution in [0.4, 0.5) is 5.69 Å². The molecule has 0 spiro atoms. The van der Waals surface area contributed by atoms with Crippen molar-refractivity contribution >= 4 is 11.9 Å². The predicted octanol–water partition coefficient (Wildman–Crippen LogP) is 2.07. The summed E-state index contributed by atoms with van der Waals surface area (Å²) in [4.78, 5) is 14.1. The van der Waals surface area contributed by atoms with E-state index in [1.807, 2.05) is 30.5 Å². The van der Waals surface area contributed by atoms with E-state index in [1.165, 1.54) is 0 Å². The van der Waals surface area contributed by atoms with Crippen molar-refractivity contribution in [1.82, 2.24) is 19.3 Å². The summed E-state index contributed by atoms with van der Waals surface area (Å²) in [5, 5.41) is 7.42. The van der Waals surface area contributed by atoms with Crippen molar-refractivity contribution < 1.29 is 0 Å². The topological polar surface area (TPSA) is 67.6 Å². The molecule has 0 amide bonds. The van der Waals surface area contributed by atoms with Crippen LogP contribution in [0.2, 0.25) is 0 Å². The number of H-pyrrole nitrogens is 1. The van der Waals surface area contributed by atoms with E-state index in [-0.39, 0.29) is 5.69 Å². The highest BCUT2D eigenvalue weighted by atomic mass is 16.1. The van der Waals surface area contributed by atoms with Crippen molar-refractivity contribution in [3.05, 3.63) is 71.7 Å². The maximum Gasteiger partial charge on any atom is 0.330 e. The molecular formula is C15H15N5O. The zero-order valence-electron chi connectivity index (χ0n) is 11.4. The lowest BCUT2D eigenvalue weighted by atomic mass is 10.2. The minimum atomic E-state index is -0.146. The van der Waals surface area contributed by atoms with Crippen LogP contribution in [0.25, 0.3) is 11.9 Å². The number of aromatic nitrogens is 4. The second-order valence-electron chi connectivity index (χ2n) is 4.55. The predicted molar refractivity (Wildman–Crippen MR) is 82.3 cm³/mol. The van der Waals surface area contributed by atoms with Crippen molar-refractivity contribution in [2.24, 2.45) is 0 Å². The summed E-state index contributed by atoms with van der Waals surface area (Å²) in [6.07, 6.45) is 8.67. The Morgan fingerprint density at radius 1 is 1.33 bits per heavy atom. The van der Waals surface area contributed by atoms with Crippen LogP contribution in [0.3, 0.4) is 0 Å². The van der Waals surface area contributed by atoms with Gasteiger partial charge in [0.25, 0.3) is 0 Å². The van der Waals surface area contributed by atoms with Gasteiger partial charge in [0.15, 0.2) is 0 Å². The van der Waals surface area contributed by atoms with Gasteiger partial charge in [0.1, 0.15) is 0 Å². The van der Waals surface area contributed by atoms with Crippen LogP contribution in [-0.4, -0.2) is 19.3 Å². The molecule has 1 aromatic carbocycles. The molecule has 0 saturated heterocycles. The molecular weight excluding hydrogens is 266 g/mol. The van der Waals surface area contributed by atoms with Gasteiger partial charge in [-0.3, -0.25) is 4.57 Å². The second kappa shape index (κ2) is 5.54. The number of imidazole rings is 1. The van der Waals surface area contributed by atoms with Crippen molar-refractivity contribution in [3.63, 3.8) is 0 Å². The Hall–Kier alpha value is -3.02. The number of hydrogen-bond acceptors (Lipinski definition) is 3. The second-order valence-corrected chi connectivity index (χ2v) is 4.55. The number of rotatable bonds is 5. The Balaban J connectivity index is 1.68. The molecule has 2 aromatic heterocycles. The first-order valence-electron chi connectivity index (χ1n) is 6.52. The molecule has 21 heavy (non-hydrogen) atoms. The molecule has 0 unspecified atom stereocenters. The van der Waals surface area contributed by atoms with Gasteiger partial charge in [0.05, 0.1) is 11.9 Å². The molecule has 0 radical (unpaired) electrons. The Morgan fingerprint density at radius 3 is 2.76 bits per heavy atom. The quantitative estimate of drug-likeness (QED) is 0.752. The van der Waals surface area contributed by atoms with Crippen LogP contribution >= 0.6 is 0 Å². The fourth-order valence-electron chi connectivity index (χ4n) is 2.04. The molecule has 3 aromatic rings. The monoisotopic (exact) mass is 281 g/mol. The number of benzene rings is 1. The van der Waals surface area contributed by atoms with Gasteiger partial charge < -0.3 is 10.3 Å². The molecule has 0 fully saturated rings. The minimum Gasteiger partial charge on any atom is -0.381 e. The highest BCUT2D eigenvalue weighted by molar-refractivity contribution is 5.49. The molecule has 0 saturated carbocycles. The van der Waals surface area contributed by atoms with Crippen LogP contribution in [0.15, 0.2) is 60.4 Å². The highest BCUT2D eigenvalue weighted by Crippen LogP contribution is 2.13. The largest absolute Gasteiger partial charge is 0.381 e. The van der Waals surface area contributed by atoms with Crippen LogP contribution < -0.4 is 11.0 Å². The lowest BCUT2D eigenvalue weighted by Crippen LogP contribution is -2.13. The average molecular weight is 281 g/mol. The maximum absolute atomic E-state index is 11.5. The van der Waals surface area contributed by atoms with E-state index < -0.39 is 0 Å². The molecule has 106 valence electrons. The van der Waals surface area contributed by atoms with Gasteiger partial charge in [-0.15, -0.1) is 0 Å². The van der Waals surface area contributed by atoms with E-state index in [0.717, 1.165) is 16.9 Å². The minimum absolute atomic E-state index is 0.146. The third-order valence-electron chi connectivity index (χ3n) is 3.13. The van der Waals surface area contributed by atoms with Crippen LogP contribution in [0.5, 0.6) is 0 Å². The van der Waals surface area contributed by atoms with Gasteiger partial charge in [-0.05, 0) is 24.3 Å². The number of nitrogens with zero attached hydrogens (tertiary/aromatic N) is 3. The van der Waals surface area contributed by atoms with E-state index in [1.54, 1.807) is 34.0 Å². The average Bonchev–Trinajstić information content (AvgIpc) is 3.14. The maximum atomic E-state index is 11.5. The first-order valence-corrected chi connectivity index (χ1v) is 6.52. The Kier molecular flexibility index (Phi) is 3.42. The lowest BCUT2D eigenvalue weighted by Gasteiger charge is -2.06. The molecule has 0 atom stereocenters. The van der Waals surface area contributed by atoms with Crippen molar-refractivity contribution in [1.29, 1.82) is 0 Å². The van der Waals surface area contributed by atoms with Gasteiger partial charge in [0.2, 0.25) is 0 Å². The molecule has 0 aliphatic rings. The normalized spacial score (nSPS) is 10.5. The number of hydrogen-bond donors (Lipinski definition) is 2. The SMILES string of the molecule is C=Cn1cc(CNc2ccc(-n3cc[nH]c3=O)cc2)cn1. The molecule has 0 aliphatic heterocycles. The van der Waals surface area contributed by atoms with Crippen molar-refractivity contribution in [2.45, 2.75) is 6.54 Å². The van der Waals surface area contributed by atoms with Crippen LogP contribution in [0, 0.1) is 0 Å². The molecule has 3 rings (SSSR count). The van der Waals surface area contributed by atoms with E-state index in [4.69, 9.17) is 0 Å². The summed E-state index contributed by atoms with van der Waals surface area (Å²) >= 11 is 0. The summed E-state index contributed by atoms with van der Waals surface area (Å²) in [6, 6.07) is 7.66. The molecule has 6 nitrogen and oxygen atoms in total. The van der Waals surface area contributed by atoms with Gasteiger partial charge in [-0.25, -0.2) is 9.48 Å². The van der Waals surface area contributed by atoms with E-state index in [0.29, 0.717) is 6.54 Å². The van der Waals surface area contributed by atoms with Crippen molar-refractivity contribution in [3.8, 4) is 5.69 Å². The first-order chi connectivity index (χ1) is 10.3. The van der Waals surface area contributed by atoms with Crippen LogP contribution in [0.1, 0.15) is 5.56 Å². The molecule has 0 aliphatic carbocycles. The Bertz CT molecular complexity index is 794. The molecule has 6 heteroatoms. The van der Waals surface area contributed by atoms with Crippen molar-refractivity contribution in [2.75, 3.05) is 5.32 Å². The van der Waals surface area contributed by atoms with E-state index in [9.17, 15) is 4.79 Å². The number of anilines is 1. The van der Waals surface area contributed by atoms with Gasteiger partial charge in [0, 0.05) is 42.6 Å². The summed E-state index contributed by atoms with van der Waals surface area (Å²) in [5.74, 6) is 0. The Morgan fingerprint density at radius 2 is 2.14 bits per heavy atom. The summed E-state index contributed by atoms with van der Waals surface area (Å²) in [7, 11) is 0. The summed E-state index contributed by atoms with van der Waals surface area (Å²) in [5.41, 5.74) is 2.73. The van der Waals surface area contributed by atoms with E-state index >= 15 is 0 Å². The van der Waals surface area contributed by atoms with E-state index in [2.05, 4.69) is 22.0 Å². The zero-order chi connectivity index (χ0) is 14.7. The van der Waals surface area contributed by atoms with Gasteiger partial charge in [-0.2, -0.15) is 5.10 Å². The van der Waals surface area contributed by atoms with Gasteiger partial charge >= 0.3 is 5.69 Å². The zero-order valence-corrected chi connectivity index (χ0v) is 11.4. The lowest BCUT2D eigenvalue weighted by molar-refractivity contribution is 0.936. The summed E-state index contributed by atoms with van der Waals surface area (Å²) < 4.78 is 3.22. The fourth-order valence-corrected chi connectivity index (χ4v) is 2.04. The fraction of sp³-hybridized carbons (Fsp3) is 0.0667.